The minimum Gasteiger partial charge on any atom is -0.308 e. The molecule has 0 radical (unpaired) electrons. The Kier molecular flexibility index (Phi) is 8.24. The van der Waals surface area contributed by atoms with E-state index in [1.807, 2.05) is 4.68 Å². The van der Waals surface area contributed by atoms with Crippen molar-refractivity contribution >= 4 is 11.6 Å². The van der Waals surface area contributed by atoms with Crippen molar-refractivity contribution in [3.8, 4) is 0 Å². The number of hydrogen-bond donors (Lipinski definition) is 1. The van der Waals surface area contributed by atoms with E-state index in [2.05, 4.69) is 38.1 Å². The van der Waals surface area contributed by atoms with Gasteiger partial charge in [-0.05, 0) is 26.2 Å². The molecule has 1 N–H and O–H groups in total. The molecular formula is C16H30ClN3. The lowest BCUT2D eigenvalue weighted by molar-refractivity contribution is 0.424. The average Bonchev–Trinajstić information content (AvgIpc) is 2.77. The first-order chi connectivity index (χ1) is 9.67. The van der Waals surface area contributed by atoms with E-state index >= 15 is 0 Å². The number of nitrogens with zero attached hydrogens (tertiary/aromatic N) is 2. The van der Waals surface area contributed by atoms with Gasteiger partial charge in [0.25, 0.3) is 0 Å². The fraction of sp³-hybridized carbons (Fsp3) is 0.812. The van der Waals surface area contributed by atoms with E-state index in [1.54, 1.807) is 0 Å². The van der Waals surface area contributed by atoms with Gasteiger partial charge in [0.2, 0.25) is 0 Å². The normalized spacial score (nSPS) is 12.8. The van der Waals surface area contributed by atoms with Crippen LogP contribution in [0.5, 0.6) is 0 Å². The van der Waals surface area contributed by atoms with Crippen LogP contribution in [0, 0.1) is 0 Å². The van der Waals surface area contributed by atoms with Crippen molar-refractivity contribution < 1.29 is 0 Å². The van der Waals surface area contributed by atoms with Gasteiger partial charge in [0.1, 0.15) is 0 Å². The van der Waals surface area contributed by atoms with Crippen molar-refractivity contribution in [2.24, 2.45) is 0 Å². The van der Waals surface area contributed by atoms with E-state index in [0.717, 1.165) is 35.9 Å². The van der Waals surface area contributed by atoms with Gasteiger partial charge in [-0.3, -0.25) is 4.68 Å². The summed E-state index contributed by atoms with van der Waals surface area (Å²) in [5, 5.41) is 9.11. The molecule has 1 aromatic heterocycles. The molecule has 116 valence electrons. The van der Waals surface area contributed by atoms with Crippen LogP contribution in [-0.4, -0.2) is 15.8 Å². The highest BCUT2D eigenvalue weighted by Crippen LogP contribution is 2.22. The average molecular weight is 300 g/mol. The summed E-state index contributed by atoms with van der Waals surface area (Å²) in [6.07, 6.45) is 7.16. The van der Waals surface area contributed by atoms with Gasteiger partial charge in [0.05, 0.1) is 16.4 Å². The second kappa shape index (κ2) is 9.41. The van der Waals surface area contributed by atoms with E-state index in [-0.39, 0.29) is 0 Å². The highest BCUT2D eigenvalue weighted by Gasteiger charge is 2.15. The Morgan fingerprint density at radius 3 is 2.45 bits per heavy atom. The van der Waals surface area contributed by atoms with Crippen LogP contribution in [0.1, 0.15) is 71.2 Å². The van der Waals surface area contributed by atoms with Crippen LogP contribution in [0.15, 0.2) is 0 Å². The monoisotopic (exact) mass is 299 g/mol. The molecule has 0 saturated heterocycles. The van der Waals surface area contributed by atoms with Gasteiger partial charge >= 0.3 is 0 Å². The maximum Gasteiger partial charge on any atom is 0.0863 e. The van der Waals surface area contributed by atoms with Crippen LogP contribution in [0.2, 0.25) is 5.02 Å². The van der Waals surface area contributed by atoms with Crippen molar-refractivity contribution in [2.45, 2.75) is 85.4 Å². The summed E-state index contributed by atoms with van der Waals surface area (Å²) in [5.74, 6) is 0. The minimum absolute atomic E-state index is 0.598. The highest BCUT2D eigenvalue weighted by molar-refractivity contribution is 6.31. The summed E-state index contributed by atoms with van der Waals surface area (Å²) >= 11 is 6.45. The topological polar surface area (TPSA) is 29.9 Å². The number of halogens is 1. The lowest BCUT2D eigenvalue weighted by Gasteiger charge is -2.18. The largest absolute Gasteiger partial charge is 0.308 e. The number of nitrogens with one attached hydrogen (secondary N) is 1. The summed E-state index contributed by atoms with van der Waals surface area (Å²) < 4.78 is 2.04. The molecule has 0 fully saturated rings. The number of aromatic nitrogens is 2. The van der Waals surface area contributed by atoms with Gasteiger partial charge in [0, 0.05) is 19.1 Å². The molecule has 0 saturated carbocycles. The number of aryl methyl sites for hydroxylation is 2. The first-order valence-electron chi connectivity index (χ1n) is 8.15. The van der Waals surface area contributed by atoms with Gasteiger partial charge in [0.15, 0.2) is 0 Å². The van der Waals surface area contributed by atoms with Gasteiger partial charge in [-0.15, -0.1) is 0 Å². The third kappa shape index (κ3) is 4.78. The first kappa shape index (κ1) is 17.5. The SMILES string of the molecule is CCCCC(CCC)NCc1c(Cl)c(CC)nn1CC. The smallest absolute Gasteiger partial charge is 0.0863 e. The van der Waals surface area contributed by atoms with Crippen molar-refractivity contribution in [3.05, 3.63) is 16.4 Å². The molecule has 0 aliphatic carbocycles. The molecule has 0 amide bonds. The van der Waals surface area contributed by atoms with E-state index in [9.17, 15) is 0 Å². The Balaban J connectivity index is 2.68. The van der Waals surface area contributed by atoms with Gasteiger partial charge in [-0.25, -0.2) is 0 Å². The van der Waals surface area contributed by atoms with Crippen LogP contribution >= 0.6 is 11.6 Å². The maximum absolute atomic E-state index is 6.45. The molecule has 20 heavy (non-hydrogen) atoms. The van der Waals surface area contributed by atoms with E-state index in [1.165, 1.54) is 32.1 Å². The van der Waals surface area contributed by atoms with Gasteiger partial charge in [-0.2, -0.15) is 5.10 Å². The highest BCUT2D eigenvalue weighted by atomic mass is 35.5. The fourth-order valence-electron chi connectivity index (χ4n) is 2.57. The van der Waals surface area contributed by atoms with Crippen LogP contribution < -0.4 is 5.32 Å². The van der Waals surface area contributed by atoms with Crippen molar-refractivity contribution in [1.29, 1.82) is 0 Å². The predicted molar refractivity (Wildman–Crippen MR) is 87.3 cm³/mol. The first-order valence-corrected chi connectivity index (χ1v) is 8.52. The summed E-state index contributed by atoms with van der Waals surface area (Å²) in [6.45, 7) is 10.4. The van der Waals surface area contributed by atoms with Crippen LogP contribution in [-0.2, 0) is 19.5 Å². The Hall–Kier alpha value is -0.540. The molecule has 1 heterocycles. The molecule has 1 unspecified atom stereocenters. The molecule has 0 bridgehead atoms. The summed E-state index contributed by atoms with van der Waals surface area (Å²) in [5.41, 5.74) is 2.16. The Labute approximate surface area is 129 Å². The Bertz CT molecular complexity index is 387. The molecule has 0 aromatic carbocycles. The zero-order valence-corrected chi connectivity index (χ0v) is 14.3. The predicted octanol–water partition coefficient (Wildman–Crippen LogP) is 4.57. The molecule has 0 aliphatic heterocycles. The molecule has 1 atom stereocenters. The lowest BCUT2D eigenvalue weighted by atomic mass is 10.1. The third-order valence-electron chi connectivity index (χ3n) is 3.80. The summed E-state index contributed by atoms with van der Waals surface area (Å²) in [7, 11) is 0. The fourth-order valence-corrected chi connectivity index (χ4v) is 2.91. The molecule has 1 aromatic rings. The second-order valence-corrected chi connectivity index (χ2v) is 5.76. The quantitative estimate of drug-likeness (QED) is 0.686. The number of rotatable bonds is 10. The molecule has 3 nitrogen and oxygen atoms in total. The number of hydrogen-bond acceptors (Lipinski definition) is 2. The maximum atomic E-state index is 6.45. The van der Waals surface area contributed by atoms with Gasteiger partial charge < -0.3 is 5.32 Å². The van der Waals surface area contributed by atoms with E-state index < -0.39 is 0 Å². The molecular weight excluding hydrogens is 270 g/mol. The Morgan fingerprint density at radius 1 is 1.15 bits per heavy atom. The summed E-state index contributed by atoms with van der Waals surface area (Å²) in [6, 6.07) is 0.598. The zero-order valence-electron chi connectivity index (χ0n) is 13.5. The van der Waals surface area contributed by atoms with Crippen LogP contribution in [0.25, 0.3) is 0 Å². The van der Waals surface area contributed by atoms with Crippen LogP contribution in [0.4, 0.5) is 0 Å². The van der Waals surface area contributed by atoms with Crippen LogP contribution in [0.3, 0.4) is 0 Å². The van der Waals surface area contributed by atoms with Gasteiger partial charge in [-0.1, -0.05) is 51.6 Å². The molecule has 1 rings (SSSR count). The third-order valence-corrected chi connectivity index (χ3v) is 4.23. The molecule has 0 aliphatic rings. The standard InChI is InChI=1S/C16H30ClN3/c1-5-9-11-13(10-6-2)18-12-15-16(17)14(7-3)19-20(15)8-4/h13,18H,5-12H2,1-4H3. The van der Waals surface area contributed by atoms with E-state index in [4.69, 9.17) is 11.6 Å². The van der Waals surface area contributed by atoms with Crippen molar-refractivity contribution in [3.63, 3.8) is 0 Å². The number of unbranched alkanes of at least 4 members (excludes halogenated alkanes) is 1. The summed E-state index contributed by atoms with van der Waals surface area (Å²) in [4.78, 5) is 0. The van der Waals surface area contributed by atoms with Crippen molar-refractivity contribution in [2.75, 3.05) is 0 Å². The second-order valence-electron chi connectivity index (χ2n) is 5.39. The minimum atomic E-state index is 0.598. The molecule has 4 heteroatoms. The lowest BCUT2D eigenvalue weighted by Crippen LogP contribution is -2.29. The zero-order chi connectivity index (χ0) is 15.0. The van der Waals surface area contributed by atoms with E-state index in [0.29, 0.717) is 6.04 Å². The Morgan fingerprint density at radius 2 is 1.90 bits per heavy atom. The molecule has 0 spiro atoms. The van der Waals surface area contributed by atoms with Crippen molar-refractivity contribution in [1.82, 2.24) is 15.1 Å².